The van der Waals surface area contributed by atoms with E-state index in [2.05, 4.69) is 22.0 Å². The maximum atomic E-state index is 5.65. The lowest BCUT2D eigenvalue weighted by atomic mass is 10.2. The molecule has 14 heavy (non-hydrogen) atoms. The van der Waals surface area contributed by atoms with Gasteiger partial charge in [-0.2, -0.15) is 0 Å². The molecular formula is C10H14N4. The second-order valence-electron chi connectivity index (χ2n) is 3.35. The lowest BCUT2D eigenvalue weighted by Gasteiger charge is -2.24. The van der Waals surface area contributed by atoms with E-state index in [1.807, 2.05) is 6.07 Å². The third-order valence-electron chi connectivity index (χ3n) is 2.32. The molecular weight excluding hydrogens is 176 g/mol. The normalized spacial score (nSPS) is 15.9. The van der Waals surface area contributed by atoms with E-state index < -0.39 is 0 Å². The van der Waals surface area contributed by atoms with Crippen LogP contribution in [0.4, 0.5) is 17.3 Å². The molecule has 0 bridgehead atoms. The first-order valence-electron chi connectivity index (χ1n) is 4.69. The predicted octanol–water partition coefficient (Wildman–Crippen LogP) is 1.01. The smallest absolute Gasteiger partial charge is 0.149 e. The van der Waals surface area contributed by atoms with Crippen LogP contribution in [0.1, 0.15) is 6.42 Å². The first-order valence-corrected chi connectivity index (χ1v) is 4.69. The van der Waals surface area contributed by atoms with Crippen LogP contribution in [0.25, 0.3) is 0 Å². The lowest BCUT2D eigenvalue weighted by Crippen LogP contribution is -2.27. The Morgan fingerprint density at radius 3 is 2.71 bits per heavy atom. The van der Waals surface area contributed by atoms with Crippen molar-refractivity contribution in [1.82, 2.24) is 4.98 Å². The Kier molecular flexibility index (Phi) is 2.26. The summed E-state index contributed by atoms with van der Waals surface area (Å²) in [6.07, 6.45) is 5.38. The maximum Gasteiger partial charge on any atom is 0.149 e. The van der Waals surface area contributed by atoms with Gasteiger partial charge < -0.3 is 16.4 Å². The molecule has 4 heteroatoms. The zero-order chi connectivity index (χ0) is 9.97. The molecule has 4 N–H and O–H groups in total. The highest BCUT2D eigenvalue weighted by atomic mass is 15.2. The summed E-state index contributed by atoms with van der Waals surface area (Å²) >= 11 is 0. The number of anilines is 3. The molecule has 2 heterocycles. The largest absolute Gasteiger partial charge is 0.396 e. The Bertz CT molecular complexity index is 359. The van der Waals surface area contributed by atoms with E-state index in [0.717, 1.165) is 25.3 Å². The fraction of sp³-hybridized carbons (Fsp3) is 0.300. The van der Waals surface area contributed by atoms with Gasteiger partial charge in [0, 0.05) is 13.1 Å². The molecule has 0 unspecified atom stereocenters. The van der Waals surface area contributed by atoms with Crippen molar-refractivity contribution in [3.05, 3.63) is 24.3 Å². The summed E-state index contributed by atoms with van der Waals surface area (Å²) in [6, 6.07) is 3.71. The molecule has 0 aromatic carbocycles. The third-order valence-corrected chi connectivity index (χ3v) is 2.32. The second kappa shape index (κ2) is 3.57. The lowest BCUT2D eigenvalue weighted by molar-refractivity contribution is 0.807. The molecule has 4 nitrogen and oxygen atoms in total. The Morgan fingerprint density at radius 2 is 2.07 bits per heavy atom. The summed E-state index contributed by atoms with van der Waals surface area (Å²) in [5, 5.41) is 0. The van der Waals surface area contributed by atoms with Gasteiger partial charge in [0.1, 0.15) is 11.6 Å². The van der Waals surface area contributed by atoms with Gasteiger partial charge in [0.25, 0.3) is 0 Å². The van der Waals surface area contributed by atoms with E-state index in [4.69, 9.17) is 11.5 Å². The Morgan fingerprint density at radius 1 is 1.21 bits per heavy atom. The first-order chi connectivity index (χ1) is 6.77. The standard InChI is InChI=1S/C10H14N4/c11-8-4-5-9(13-10(8)12)14-6-2-1-3-7-14/h1-2,4-5H,3,6-7,11H2,(H2,12,13). The van der Waals surface area contributed by atoms with Crippen LogP contribution in [0.5, 0.6) is 0 Å². The quantitative estimate of drug-likeness (QED) is 0.648. The van der Waals surface area contributed by atoms with Crippen LogP contribution in [0.3, 0.4) is 0 Å². The fourth-order valence-corrected chi connectivity index (χ4v) is 1.50. The average molecular weight is 190 g/mol. The van der Waals surface area contributed by atoms with Crippen LogP contribution >= 0.6 is 0 Å². The van der Waals surface area contributed by atoms with E-state index in [9.17, 15) is 0 Å². The number of nitrogens with zero attached hydrogens (tertiary/aromatic N) is 2. The van der Waals surface area contributed by atoms with Gasteiger partial charge in [0.05, 0.1) is 5.69 Å². The van der Waals surface area contributed by atoms with Gasteiger partial charge in [0.2, 0.25) is 0 Å². The summed E-state index contributed by atoms with van der Waals surface area (Å²) in [5.41, 5.74) is 11.8. The van der Waals surface area contributed by atoms with Crippen LogP contribution in [0.2, 0.25) is 0 Å². The number of hydrogen-bond donors (Lipinski definition) is 2. The molecule has 0 saturated carbocycles. The molecule has 0 fully saturated rings. The molecule has 0 radical (unpaired) electrons. The number of aromatic nitrogens is 1. The molecule has 1 aromatic rings. The molecule has 0 atom stereocenters. The van der Waals surface area contributed by atoms with Crippen LogP contribution in [0, 0.1) is 0 Å². The highest BCUT2D eigenvalue weighted by Crippen LogP contribution is 2.19. The van der Waals surface area contributed by atoms with E-state index in [-0.39, 0.29) is 0 Å². The summed E-state index contributed by atoms with van der Waals surface area (Å²) in [6.45, 7) is 1.89. The molecule has 1 aromatic heterocycles. The van der Waals surface area contributed by atoms with Gasteiger partial charge in [-0.3, -0.25) is 0 Å². The van der Waals surface area contributed by atoms with Crippen molar-refractivity contribution in [2.45, 2.75) is 6.42 Å². The Balaban J connectivity index is 2.23. The van der Waals surface area contributed by atoms with Crippen molar-refractivity contribution in [3.63, 3.8) is 0 Å². The number of nitrogens with two attached hydrogens (primary N) is 2. The molecule has 1 aliphatic heterocycles. The second-order valence-corrected chi connectivity index (χ2v) is 3.35. The monoisotopic (exact) mass is 190 g/mol. The molecule has 0 spiro atoms. The SMILES string of the molecule is Nc1ccc(N2CC=CCC2)nc1N. The highest BCUT2D eigenvalue weighted by Gasteiger charge is 2.09. The Labute approximate surface area is 83.2 Å². The van der Waals surface area contributed by atoms with Crippen molar-refractivity contribution in [1.29, 1.82) is 0 Å². The highest BCUT2D eigenvalue weighted by molar-refractivity contribution is 5.62. The number of hydrogen-bond acceptors (Lipinski definition) is 4. The average Bonchev–Trinajstić information content (AvgIpc) is 2.23. The summed E-state index contributed by atoms with van der Waals surface area (Å²) in [4.78, 5) is 6.42. The number of nitrogen functional groups attached to an aromatic ring is 2. The minimum atomic E-state index is 0.414. The van der Waals surface area contributed by atoms with Crippen molar-refractivity contribution >= 4 is 17.3 Å². The van der Waals surface area contributed by atoms with Crippen molar-refractivity contribution < 1.29 is 0 Å². The predicted molar refractivity (Wildman–Crippen MR) is 59.0 cm³/mol. The molecule has 74 valence electrons. The van der Waals surface area contributed by atoms with E-state index in [0.29, 0.717) is 11.5 Å². The molecule has 0 aliphatic carbocycles. The van der Waals surface area contributed by atoms with Crippen molar-refractivity contribution in [3.8, 4) is 0 Å². The van der Waals surface area contributed by atoms with Crippen LogP contribution < -0.4 is 16.4 Å². The fourth-order valence-electron chi connectivity index (χ4n) is 1.50. The molecule has 0 amide bonds. The van der Waals surface area contributed by atoms with Gasteiger partial charge in [-0.25, -0.2) is 4.98 Å². The van der Waals surface area contributed by atoms with E-state index in [1.165, 1.54) is 0 Å². The number of pyridine rings is 1. The zero-order valence-electron chi connectivity index (χ0n) is 7.98. The minimum Gasteiger partial charge on any atom is -0.396 e. The van der Waals surface area contributed by atoms with Crippen molar-refractivity contribution in [2.75, 3.05) is 29.5 Å². The number of rotatable bonds is 1. The van der Waals surface area contributed by atoms with Gasteiger partial charge >= 0.3 is 0 Å². The minimum absolute atomic E-state index is 0.414. The zero-order valence-corrected chi connectivity index (χ0v) is 7.98. The summed E-state index contributed by atoms with van der Waals surface area (Å²) < 4.78 is 0. The first kappa shape index (κ1) is 8.87. The summed E-state index contributed by atoms with van der Waals surface area (Å²) in [5.74, 6) is 1.32. The topological polar surface area (TPSA) is 68.2 Å². The summed E-state index contributed by atoms with van der Waals surface area (Å²) in [7, 11) is 0. The molecule has 2 rings (SSSR count). The van der Waals surface area contributed by atoms with Gasteiger partial charge in [-0.1, -0.05) is 12.2 Å². The van der Waals surface area contributed by atoms with Crippen molar-refractivity contribution in [2.24, 2.45) is 0 Å². The van der Waals surface area contributed by atoms with Gasteiger partial charge in [0.15, 0.2) is 0 Å². The molecule has 1 aliphatic rings. The Hall–Kier alpha value is -1.71. The van der Waals surface area contributed by atoms with Crippen LogP contribution in [-0.2, 0) is 0 Å². The van der Waals surface area contributed by atoms with Gasteiger partial charge in [-0.05, 0) is 18.6 Å². The third kappa shape index (κ3) is 1.64. The van der Waals surface area contributed by atoms with Crippen LogP contribution in [0.15, 0.2) is 24.3 Å². The van der Waals surface area contributed by atoms with E-state index >= 15 is 0 Å². The van der Waals surface area contributed by atoms with E-state index in [1.54, 1.807) is 6.07 Å². The molecule has 0 saturated heterocycles. The van der Waals surface area contributed by atoms with Gasteiger partial charge in [-0.15, -0.1) is 0 Å². The van der Waals surface area contributed by atoms with Crippen LogP contribution in [-0.4, -0.2) is 18.1 Å². The maximum absolute atomic E-state index is 5.65.